The molecule has 14 heavy (non-hydrogen) atoms. The second-order valence-corrected chi connectivity index (χ2v) is 3.48. The molecule has 3 nitrogen and oxygen atoms in total. The van der Waals surface area contributed by atoms with Crippen LogP contribution in [0.3, 0.4) is 0 Å². The fraction of sp³-hybridized carbons (Fsp3) is 0. The molecule has 0 fully saturated rings. The van der Waals surface area contributed by atoms with Crippen molar-refractivity contribution in [3.8, 4) is 11.4 Å². The van der Waals surface area contributed by atoms with E-state index in [1.807, 2.05) is 0 Å². The monoisotopic (exact) mass is 253 g/mol. The molecule has 0 spiro atoms. The minimum absolute atomic E-state index is 0.292. The Morgan fingerprint density at radius 2 is 1.86 bits per heavy atom. The molecule has 0 unspecified atom stereocenters. The van der Waals surface area contributed by atoms with Crippen LogP contribution < -0.4 is 0 Å². The van der Waals surface area contributed by atoms with Crippen molar-refractivity contribution in [1.29, 1.82) is 0 Å². The summed E-state index contributed by atoms with van der Waals surface area (Å²) in [6.07, 6.45) is 4.51. The van der Waals surface area contributed by atoms with E-state index in [2.05, 4.69) is 30.9 Å². The first-order chi connectivity index (χ1) is 6.77. The van der Waals surface area contributed by atoms with E-state index in [0.717, 1.165) is 0 Å². The fourth-order valence-electron chi connectivity index (χ4n) is 1.02. The third-order valence-electron chi connectivity index (χ3n) is 1.61. The molecule has 0 amide bonds. The highest BCUT2D eigenvalue weighted by Crippen LogP contribution is 2.20. The summed E-state index contributed by atoms with van der Waals surface area (Å²) >= 11 is 3.21. The van der Waals surface area contributed by atoms with Gasteiger partial charge in [0, 0.05) is 23.1 Å². The summed E-state index contributed by atoms with van der Waals surface area (Å²) in [6, 6.07) is 3.27. The lowest BCUT2D eigenvalue weighted by atomic mass is 10.2. The van der Waals surface area contributed by atoms with E-state index >= 15 is 0 Å². The van der Waals surface area contributed by atoms with Gasteiger partial charge in [0.05, 0.1) is 5.56 Å². The molecule has 0 atom stereocenters. The van der Waals surface area contributed by atoms with E-state index < -0.39 is 5.95 Å². The maximum absolute atomic E-state index is 13.2. The summed E-state index contributed by atoms with van der Waals surface area (Å²) in [7, 11) is 0. The second-order valence-electron chi connectivity index (χ2n) is 2.56. The van der Waals surface area contributed by atoms with Gasteiger partial charge in [0.1, 0.15) is 0 Å². The lowest BCUT2D eigenvalue weighted by molar-refractivity contribution is 0.585. The molecule has 2 heterocycles. The smallest absolute Gasteiger partial charge is 0.224 e. The fourth-order valence-corrected chi connectivity index (χ4v) is 1.35. The molecule has 0 radical (unpaired) electrons. The predicted octanol–water partition coefficient (Wildman–Crippen LogP) is 2.44. The summed E-state index contributed by atoms with van der Waals surface area (Å²) in [5.41, 5.74) is 0.292. The van der Waals surface area contributed by atoms with Crippen molar-refractivity contribution >= 4 is 15.9 Å². The standard InChI is InChI=1S/C9H5BrFN3/c10-6-4-7(8(11)14-5-6)9-12-2-1-3-13-9/h1-5H. The first kappa shape index (κ1) is 9.21. The zero-order chi connectivity index (χ0) is 9.97. The summed E-state index contributed by atoms with van der Waals surface area (Å²) in [5, 5.41) is 0. The van der Waals surface area contributed by atoms with Crippen LogP contribution in [0.2, 0.25) is 0 Å². The molecule has 2 aromatic heterocycles. The Morgan fingerprint density at radius 1 is 1.14 bits per heavy atom. The zero-order valence-electron chi connectivity index (χ0n) is 6.98. The molecule has 0 bridgehead atoms. The van der Waals surface area contributed by atoms with E-state index in [1.165, 1.54) is 6.20 Å². The van der Waals surface area contributed by atoms with E-state index in [-0.39, 0.29) is 0 Å². The van der Waals surface area contributed by atoms with Gasteiger partial charge in [-0.05, 0) is 28.1 Å². The van der Waals surface area contributed by atoms with Crippen molar-refractivity contribution in [2.24, 2.45) is 0 Å². The minimum Gasteiger partial charge on any atom is -0.236 e. The Hall–Kier alpha value is -1.36. The third kappa shape index (κ3) is 1.77. The maximum atomic E-state index is 13.2. The lowest BCUT2D eigenvalue weighted by Gasteiger charge is -2.00. The Labute approximate surface area is 88.2 Å². The highest BCUT2D eigenvalue weighted by molar-refractivity contribution is 9.10. The van der Waals surface area contributed by atoms with Gasteiger partial charge in [-0.15, -0.1) is 0 Å². The third-order valence-corrected chi connectivity index (χ3v) is 2.05. The van der Waals surface area contributed by atoms with Crippen LogP contribution in [-0.2, 0) is 0 Å². The first-order valence-corrected chi connectivity index (χ1v) is 4.65. The number of aromatic nitrogens is 3. The molecular weight excluding hydrogens is 249 g/mol. The number of halogens is 2. The largest absolute Gasteiger partial charge is 0.236 e. The van der Waals surface area contributed by atoms with E-state index in [4.69, 9.17) is 0 Å². The summed E-state index contributed by atoms with van der Waals surface area (Å²) in [4.78, 5) is 11.4. The molecule has 2 aromatic rings. The van der Waals surface area contributed by atoms with Gasteiger partial charge < -0.3 is 0 Å². The van der Waals surface area contributed by atoms with Gasteiger partial charge in [0.15, 0.2) is 5.82 Å². The molecule has 2 rings (SSSR count). The van der Waals surface area contributed by atoms with E-state index in [1.54, 1.807) is 24.5 Å². The highest BCUT2D eigenvalue weighted by atomic mass is 79.9. The average molecular weight is 254 g/mol. The van der Waals surface area contributed by atoms with Crippen LogP contribution >= 0.6 is 15.9 Å². The molecule has 5 heteroatoms. The molecule has 0 saturated carbocycles. The number of pyridine rings is 1. The second kappa shape index (κ2) is 3.79. The van der Waals surface area contributed by atoms with Crippen LogP contribution in [-0.4, -0.2) is 15.0 Å². The van der Waals surface area contributed by atoms with Gasteiger partial charge in [-0.3, -0.25) is 0 Å². The van der Waals surface area contributed by atoms with Crippen molar-refractivity contribution in [1.82, 2.24) is 15.0 Å². The number of hydrogen-bond acceptors (Lipinski definition) is 3. The SMILES string of the molecule is Fc1ncc(Br)cc1-c1ncccn1. The van der Waals surface area contributed by atoms with Crippen molar-refractivity contribution in [3.05, 3.63) is 41.1 Å². The number of hydrogen-bond donors (Lipinski definition) is 0. The number of rotatable bonds is 1. The van der Waals surface area contributed by atoms with Crippen LogP contribution in [0.5, 0.6) is 0 Å². The zero-order valence-corrected chi connectivity index (χ0v) is 8.57. The molecule has 0 aliphatic rings. The Balaban J connectivity index is 2.57. The van der Waals surface area contributed by atoms with Crippen molar-refractivity contribution in [3.63, 3.8) is 0 Å². The van der Waals surface area contributed by atoms with Crippen molar-refractivity contribution in [2.75, 3.05) is 0 Å². The van der Waals surface area contributed by atoms with Gasteiger partial charge in [0.25, 0.3) is 0 Å². The van der Waals surface area contributed by atoms with Crippen molar-refractivity contribution in [2.45, 2.75) is 0 Å². The van der Waals surface area contributed by atoms with Gasteiger partial charge in [-0.25, -0.2) is 15.0 Å². The Morgan fingerprint density at radius 3 is 2.57 bits per heavy atom. The summed E-state index contributed by atoms with van der Waals surface area (Å²) in [5.74, 6) is -0.238. The van der Waals surface area contributed by atoms with Crippen LogP contribution in [0, 0.1) is 5.95 Å². The van der Waals surface area contributed by atoms with Gasteiger partial charge in [-0.1, -0.05) is 0 Å². The summed E-state index contributed by atoms with van der Waals surface area (Å²) < 4.78 is 13.9. The molecular formula is C9H5BrFN3. The topological polar surface area (TPSA) is 38.7 Å². The Bertz CT molecular complexity index is 447. The normalized spacial score (nSPS) is 10.1. The van der Waals surface area contributed by atoms with Crippen LogP contribution in [0.1, 0.15) is 0 Å². The highest BCUT2D eigenvalue weighted by Gasteiger charge is 2.08. The first-order valence-electron chi connectivity index (χ1n) is 3.86. The van der Waals surface area contributed by atoms with Crippen molar-refractivity contribution < 1.29 is 4.39 Å². The van der Waals surface area contributed by atoms with E-state index in [9.17, 15) is 4.39 Å². The van der Waals surface area contributed by atoms with E-state index in [0.29, 0.717) is 15.9 Å². The Kier molecular flexibility index (Phi) is 2.49. The van der Waals surface area contributed by atoms with Gasteiger partial charge >= 0.3 is 0 Å². The average Bonchev–Trinajstić information content (AvgIpc) is 2.23. The molecule has 0 N–H and O–H groups in total. The molecule has 0 aromatic carbocycles. The van der Waals surface area contributed by atoms with Gasteiger partial charge in [0.2, 0.25) is 5.95 Å². The number of nitrogens with zero attached hydrogens (tertiary/aromatic N) is 3. The van der Waals surface area contributed by atoms with Gasteiger partial charge in [-0.2, -0.15) is 4.39 Å². The maximum Gasteiger partial charge on any atom is 0.224 e. The van der Waals surface area contributed by atoms with Crippen LogP contribution in [0.15, 0.2) is 35.2 Å². The minimum atomic E-state index is -0.570. The molecule has 0 saturated heterocycles. The van der Waals surface area contributed by atoms with Crippen LogP contribution in [0.25, 0.3) is 11.4 Å². The quantitative estimate of drug-likeness (QED) is 0.733. The molecule has 0 aliphatic carbocycles. The predicted molar refractivity (Wildman–Crippen MR) is 52.9 cm³/mol. The summed E-state index contributed by atoms with van der Waals surface area (Å²) in [6.45, 7) is 0. The lowest BCUT2D eigenvalue weighted by Crippen LogP contribution is -1.93. The molecule has 70 valence electrons. The van der Waals surface area contributed by atoms with Crippen LogP contribution in [0.4, 0.5) is 4.39 Å². The molecule has 0 aliphatic heterocycles.